The van der Waals surface area contributed by atoms with E-state index in [-0.39, 0.29) is 6.09 Å². The number of benzene rings is 2. The Bertz CT molecular complexity index is 557. The third kappa shape index (κ3) is 3.47. The van der Waals surface area contributed by atoms with Gasteiger partial charge in [0.05, 0.1) is 19.3 Å². The minimum absolute atomic E-state index is 0.354. The number of hydrogen-bond donors (Lipinski definition) is 0. The molecule has 0 aliphatic carbocycles. The first-order valence-electron chi connectivity index (χ1n) is 5.86. The molecule has 0 aliphatic heterocycles. The predicted octanol–water partition coefficient (Wildman–Crippen LogP) is 4.06. The maximum absolute atomic E-state index is 12.0. The first-order valence-corrected chi connectivity index (χ1v) is 6.94. The molecule has 0 radical (unpaired) electrons. The molecule has 19 heavy (non-hydrogen) atoms. The molecule has 0 spiro atoms. The Morgan fingerprint density at radius 2 is 1.74 bits per heavy atom. The molecule has 0 saturated carbocycles. The number of nitrogens with zero attached hydrogens (tertiary/aromatic N) is 1. The Labute approximate surface area is 126 Å². The summed E-state index contributed by atoms with van der Waals surface area (Å²) in [5.41, 5.74) is 1.92. The Morgan fingerprint density at radius 1 is 1.11 bits per heavy atom. The first kappa shape index (κ1) is 13.9. The lowest BCUT2D eigenvalue weighted by atomic mass is 10.2. The van der Waals surface area contributed by atoms with Crippen LogP contribution in [0.1, 0.15) is 5.56 Å². The molecular formula is C15H14INO2. The van der Waals surface area contributed by atoms with E-state index in [1.165, 1.54) is 7.11 Å². The summed E-state index contributed by atoms with van der Waals surface area (Å²) in [6.07, 6.45) is -0.354. The average molecular weight is 367 g/mol. The zero-order chi connectivity index (χ0) is 13.7. The molecule has 0 fully saturated rings. The molecule has 0 heterocycles. The van der Waals surface area contributed by atoms with E-state index in [1.54, 1.807) is 4.90 Å². The molecule has 3 nitrogen and oxygen atoms in total. The quantitative estimate of drug-likeness (QED) is 0.766. The van der Waals surface area contributed by atoms with Crippen molar-refractivity contribution in [1.29, 1.82) is 0 Å². The summed E-state index contributed by atoms with van der Waals surface area (Å²) in [6, 6.07) is 17.6. The third-order valence-electron chi connectivity index (χ3n) is 2.72. The molecule has 0 N–H and O–H groups in total. The molecule has 2 aromatic carbocycles. The summed E-state index contributed by atoms with van der Waals surface area (Å²) in [7, 11) is 1.40. The number of halogens is 1. The standard InChI is InChI=1S/C15H14INO2/c1-19-15(18)17(11-12-7-3-2-4-8-12)14-10-6-5-9-13(14)16/h2-10H,11H2,1H3. The molecule has 0 aliphatic rings. The zero-order valence-corrected chi connectivity index (χ0v) is 12.7. The number of rotatable bonds is 3. The van der Waals surface area contributed by atoms with E-state index in [9.17, 15) is 4.79 Å². The lowest BCUT2D eigenvalue weighted by Gasteiger charge is -2.22. The second-order valence-electron chi connectivity index (χ2n) is 3.99. The SMILES string of the molecule is COC(=O)N(Cc1ccccc1)c1ccccc1I. The smallest absolute Gasteiger partial charge is 0.414 e. The van der Waals surface area contributed by atoms with Crippen LogP contribution in [-0.2, 0) is 11.3 Å². The largest absolute Gasteiger partial charge is 0.452 e. The summed E-state index contributed by atoms with van der Waals surface area (Å²) in [6.45, 7) is 0.494. The van der Waals surface area contributed by atoms with Crippen LogP contribution in [-0.4, -0.2) is 13.2 Å². The zero-order valence-electron chi connectivity index (χ0n) is 10.5. The summed E-state index contributed by atoms with van der Waals surface area (Å²) in [5.74, 6) is 0. The number of methoxy groups -OCH3 is 1. The van der Waals surface area contributed by atoms with E-state index < -0.39 is 0 Å². The van der Waals surface area contributed by atoms with Crippen LogP contribution >= 0.6 is 22.6 Å². The highest BCUT2D eigenvalue weighted by Crippen LogP contribution is 2.24. The van der Waals surface area contributed by atoms with E-state index in [0.717, 1.165) is 14.8 Å². The van der Waals surface area contributed by atoms with Crippen molar-refractivity contribution in [3.8, 4) is 0 Å². The molecule has 2 rings (SSSR count). The first-order chi connectivity index (χ1) is 9.22. The average Bonchev–Trinajstić information content (AvgIpc) is 2.46. The highest BCUT2D eigenvalue weighted by atomic mass is 127. The van der Waals surface area contributed by atoms with Crippen LogP contribution in [0.3, 0.4) is 0 Å². The molecule has 1 amide bonds. The number of anilines is 1. The number of carbonyl (C=O) groups excluding carboxylic acids is 1. The van der Waals surface area contributed by atoms with Gasteiger partial charge in [-0.15, -0.1) is 0 Å². The summed E-state index contributed by atoms with van der Waals surface area (Å²) < 4.78 is 5.89. The highest BCUT2D eigenvalue weighted by molar-refractivity contribution is 14.1. The molecule has 2 aromatic rings. The van der Waals surface area contributed by atoms with Crippen molar-refractivity contribution in [3.63, 3.8) is 0 Å². The van der Waals surface area contributed by atoms with Crippen molar-refractivity contribution in [2.24, 2.45) is 0 Å². The topological polar surface area (TPSA) is 29.5 Å². The minimum Gasteiger partial charge on any atom is -0.452 e. The van der Waals surface area contributed by atoms with Crippen LogP contribution in [0, 0.1) is 3.57 Å². The molecule has 0 saturated heterocycles. The van der Waals surface area contributed by atoms with Gasteiger partial charge in [-0.3, -0.25) is 4.90 Å². The van der Waals surface area contributed by atoms with Crippen molar-refractivity contribution in [2.45, 2.75) is 6.54 Å². The number of ether oxygens (including phenoxy) is 1. The van der Waals surface area contributed by atoms with Gasteiger partial charge in [0, 0.05) is 3.57 Å². The lowest BCUT2D eigenvalue weighted by molar-refractivity contribution is 0.178. The van der Waals surface area contributed by atoms with E-state index in [1.807, 2.05) is 54.6 Å². The van der Waals surface area contributed by atoms with Crippen LogP contribution < -0.4 is 4.90 Å². The predicted molar refractivity (Wildman–Crippen MR) is 84.2 cm³/mol. The van der Waals surface area contributed by atoms with Crippen molar-refractivity contribution < 1.29 is 9.53 Å². The summed E-state index contributed by atoms with van der Waals surface area (Å²) >= 11 is 2.22. The van der Waals surface area contributed by atoms with Gasteiger partial charge in [-0.25, -0.2) is 4.79 Å². The van der Waals surface area contributed by atoms with Crippen molar-refractivity contribution in [3.05, 3.63) is 63.7 Å². The molecule has 98 valence electrons. The maximum atomic E-state index is 12.0. The molecule has 0 aromatic heterocycles. The number of carbonyl (C=O) groups is 1. The van der Waals surface area contributed by atoms with Crippen LogP contribution in [0.4, 0.5) is 10.5 Å². The minimum atomic E-state index is -0.354. The van der Waals surface area contributed by atoms with Gasteiger partial charge in [0.2, 0.25) is 0 Å². The highest BCUT2D eigenvalue weighted by Gasteiger charge is 2.18. The lowest BCUT2D eigenvalue weighted by Crippen LogP contribution is -2.30. The van der Waals surface area contributed by atoms with E-state index >= 15 is 0 Å². The van der Waals surface area contributed by atoms with Gasteiger partial charge >= 0.3 is 6.09 Å². The van der Waals surface area contributed by atoms with Crippen LogP contribution in [0.25, 0.3) is 0 Å². The second-order valence-corrected chi connectivity index (χ2v) is 5.16. The van der Waals surface area contributed by atoms with Gasteiger partial charge in [-0.1, -0.05) is 42.5 Å². The van der Waals surface area contributed by atoms with E-state index in [0.29, 0.717) is 6.54 Å². The van der Waals surface area contributed by atoms with Crippen LogP contribution in [0.15, 0.2) is 54.6 Å². The molecule has 0 unspecified atom stereocenters. The van der Waals surface area contributed by atoms with Crippen molar-refractivity contribution in [1.82, 2.24) is 0 Å². The Balaban J connectivity index is 2.32. The van der Waals surface area contributed by atoms with Gasteiger partial charge in [-0.05, 0) is 40.3 Å². The molecule has 0 atom stereocenters. The summed E-state index contributed by atoms with van der Waals surface area (Å²) in [4.78, 5) is 13.6. The van der Waals surface area contributed by atoms with Gasteiger partial charge in [0.15, 0.2) is 0 Å². The van der Waals surface area contributed by atoms with Crippen LogP contribution in [0.2, 0.25) is 0 Å². The third-order valence-corrected chi connectivity index (χ3v) is 3.63. The summed E-state index contributed by atoms with van der Waals surface area (Å²) in [5, 5.41) is 0. The van der Waals surface area contributed by atoms with E-state index in [4.69, 9.17) is 4.74 Å². The molecule has 0 bridgehead atoms. The molecular weight excluding hydrogens is 353 g/mol. The van der Waals surface area contributed by atoms with Gasteiger partial charge in [-0.2, -0.15) is 0 Å². The monoisotopic (exact) mass is 367 g/mol. The van der Waals surface area contributed by atoms with E-state index in [2.05, 4.69) is 22.6 Å². The second kappa shape index (κ2) is 6.56. The maximum Gasteiger partial charge on any atom is 0.414 e. The van der Waals surface area contributed by atoms with Crippen molar-refractivity contribution in [2.75, 3.05) is 12.0 Å². The van der Waals surface area contributed by atoms with Crippen molar-refractivity contribution >= 4 is 34.4 Å². The Kier molecular flexibility index (Phi) is 4.79. The van der Waals surface area contributed by atoms with Gasteiger partial charge < -0.3 is 4.74 Å². The normalized spacial score (nSPS) is 10.0. The Morgan fingerprint density at radius 3 is 2.37 bits per heavy atom. The Hall–Kier alpha value is -1.56. The number of hydrogen-bond acceptors (Lipinski definition) is 2. The number of para-hydroxylation sites is 1. The fourth-order valence-electron chi connectivity index (χ4n) is 1.79. The fraction of sp³-hybridized carbons (Fsp3) is 0.133. The molecule has 4 heteroatoms. The fourth-order valence-corrected chi connectivity index (χ4v) is 2.47. The van der Waals surface area contributed by atoms with Crippen LogP contribution in [0.5, 0.6) is 0 Å². The number of amides is 1. The van der Waals surface area contributed by atoms with Gasteiger partial charge in [0.25, 0.3) is 0 Å². The van der Waals surface area contributed by atoms with Gasteiger partial charge in [0.1, 0.15) is 0 Å².